The Balaban J connectivity index is 2.18. The molecule has 0 N–H and O–H groups in total. The molecule has 0 unspecified atom stereocenters. The lowest BCUT2D eigenvalue weighted by molar-refractivity contribution is 1.34. The van der Waals surface area contributed by atoms with Crippen LogP contribution >= 0.6 is 46.6 Å². The third-order valence-electron chi connectivity index (χ3n) is 2.48. The van der Waals surface area contributed by atoms with Gasteiger partial charge in [0.25, 0.3) is 0 Å². The van der Waals surface area contributed by atoms with Crippen LogP contribution < -0.4 is 0 Å². The van der Waals surface area contributed by atoms with Gasteiger partial charge in [0.1, 0.15) is 6.07 Å². The van der Waals surface area contributed by atoms with Crippen molar-refractivity contribution < 1.29 is 0 Å². The van der Waals surface area contributed by atoms with E-state index in [-0.39, 0.29) is 0 Å². The molecule has 0 saturated carbocycles. The van der Waals surface area contributed by atoms with E-state index in [4.69, 9.17) is 40.1 Å². The average Bonchev–Trinajstić information content (AvgIpc) is 2.42. The molecule has 0 saturated heterocycles. The fraction of sp³-hybridized carbons (Fsp3) is 0.0714. The molecule has 0 heterocycles. The highest BCUT2D eigenvalue weighted by Gasteiger charge is 2.10. The highest BCUT2D eigenvalue weighted by molar-refractivity contribution is 7.98. The quantitative estimate of drug-likeness (QED) is 0.664. The Morgan fingerprint density at radius 3 is 2.32 bits per heavy atom. The lowest BCUT2D eigenvalue weighted by Crippen LogP contribution is -1.86. The summed E-state index contributed by atoms with van der Waals surface area (Å²) in [6.07, 6.45) is 0. The number of benzene rings is 2. The fourth-order valence-corrected chi connectivity index (χ4v) is 3.02. The van der Waals surface area contributed by atoms with Crippen LogP contribution in [-0.4, -0.2) is 0 Å². The minimum atomic E-state index is 0.310. The molecule has 19 heavy (non-hydrogen) atoms. The molecule has 0 amide bonds. The van der Waals surface area contributed by atoms with Crippen molar-refractivity contribution >= 4 is 46.6 Å². The average molecular weight is 329 g/mol. The van der Waals surface area contributed by atoms with Gasteiger partial charge < -0.3 is 0 Å². The summed E-state index contributed by atoms with van der Waals surface area (Å²) in [5.41, 5.74) is 1.55. The van der Waals surface area contributed by atoms with Gasteiger partial charge in [-0.05, 0) is 29.8 Å². The molecule has 0 aliphatic heterocycles. The SMILES string of the molecule is N#Cc1c(SCc2ccc(Cl)cc2)ccc(Cl)c1Cl. The Labute approximate surface area is 131 Å². The van der Waals surface area contributed by atoms with Crippen molar-refractivity contribution in [1.82, 2.24) is 0 Å². The second kappa shape index (κ2) is 6.54. The van der Waals surface area contributed by atoms with Crippen LogP contribution in [0.15, 0.2) is 41.3 Å². The van der Waals surface area contributed by atoms with E-state index in [9.17, 15) is 0 Å². The molecule has 0 atom stereocenters. The summed E-state index contributed by atoms with van der Waals surface area (Å²) in [6, 6.07) is 13.2. The zero-order valence-corrected chi connectivity index (χ0v) is 12.7. The summed E-state index contributed by atoms with van der Waals surface area (Å²) in [5.74, 6) is 0.740. The number of nitriles is 1. The normalized spacial score (nSPS) is 10.2. The van der Waals surface area contributed by atoms with Crippen LogP contribution in [0.5, 0.6) is 0 Å². The monoisotopic (exact) mass is 327 g/mol. The standard InChI is InChI=1S/C14H8Cl3NS/c15-10-3-1-9(2-4-10)8-19-13-6-5-12(16)14(17)11(13)7-18/h1-6H,8H2. The molecule has 1 nitrogen and oxygen atoms in total. The molecule has 96 valence electrons. The maximum absolute atomic E-state index is 9.13. The molecule has 0 aliphatic carbocycles. The van der Waals surface area contributed by atoms with Crippen LogP contribution in [0.4, 0.5) is 0 Å². The molecule has 2 rings (SSSR count). The van der Waals surface area contributed by atoms with E-state index in [0.717, 1.165) is 16.2 Å². The van der Waals surface area contributed by atoms with Gasteiger partial charge in [0.2, 0.25) is 0 Å². The highest BCUT2D eigenvalue weighted by atomic mass is 35.5. The van der Waals surface area contributed by atoms with Crippen molar-refractivity contribution in [3.05, 3.63) is 62.6 Å². The zero-order chi connectivity index (χ0) is 13.8. The molecule has 2 aromatic carbocycles. The predicted molar refractivity (Wildman–Crippen MR) is 82.2 cm³/mol. The molecule has 5 heteroatoms. The van der Waals surface area contributed by atoms with Crippen molar-refractivity contribution in [3.8, 4) is 6.07 Å². The largest absolute Gasteiger partial charge is 0.192 e. The molecule has 2 aromatic rings. The van der Waals surface area contributed by atoms with Crippen molar-refractivity contribution in [2.75, 3.05) is 0 Å². The van der Waals surface area contributed by atoms with E-state index in [1.165, 1.54) is 0 Å². The van der Waals surface area contributed by atoms with Crippen LogP contribution in [-0.2, 0) is 5.75 Å². The molecule has 0 aromatic heterocycles. The molecule has 0 radical (unpaired) electrons. The lowest BCUT2D eigenvalue weighted by Gasteiger charge is -2.07. The second-order valence-electron chi connectivity index (χ2n) is 3.76. The summed E-state index contributed by atoms with van der Waals surface area (Å²) >= 11 is 19.3. The molecule has 0 fully saturated rings. The van der Waals surface area contributed by atoms with E-state index in [2.05, 4.69) is 6.07 Å². The van der Waals surface area contributed by atoms with Crippen LogP contribution in [0.3, 0.4) is 0 Å². The van der Waals surface area contributed by atoms with Crippen LogP contribution in [0.1, 0.15) is 11.1 Å². The summed E-state index contributed by atoms with van der Waals surface area (Å²) in [4.78, 5) is 0.826. The van der Waals surface area contributed by atoms with Crippen molar-refractivity contribution in [3.63, 3.8) is 0 Å². The van der Waals surface area contributed by atoms with Gasteiger partial charge in [-0.2, -0.15) is 5.26 Å². The van der Waals surface area contributed by atoms with Crippen molar-refractivity contribution in [2.24, 2.45) is 0 Å². The van der Waals surface area contributed by atoms with Gasteiger partial charge in [0.15, 0.2) is 0 Å². The van der Waals surface area contributed by atoms with E-state index >= 15 is 0 Å². The fourth-order valence-electron chi connectivity index (χ4n) is 1.50. The molecule has 0 aliphatic rings. The van der Waals surface area contributed by atoms with E-state index in [1.54, 1.807) is 17.8 Å². The third-order valence-corrected chi connectivity index (χ3v) is 4.66. The number of hydrogen-bond donors (Lipinski definition) is 0. The summed E-state index contributed by atoms with van der Waals surface area (Å²) in [5, 5.41) is 10.6. The zero-order valence-electron chi connectivity index (χ0n) is 9.66. The van der Waals surface area contributed by atoms with Gasteiger partial charge in [-0.1, -0.05) is 46.9 Å². The van der Waals surface area contributed by atoms with E-state index < -0.39 is 0 Å². The highest BCUT2D eigenvalue weighted by Crippen LogP contribution is 2.34. The first-order valence-corrected chi connectivity index (χ1v) is 7.49. The number of thioether (sulfide) groups is 1. The van der Waals surface area contributed by atoms with Gasteiger partial charge in [0, 0.05) is 15.7 Å². The maximum Gasteiger partial charge on any atom is 0.102 e. The minimum Gasteiger partial charge on any atom is -0.192 e. The van der Waals surface area contributed by atoms with Gasteiger partial charge in [-0.25, -0.2) is 0 Å². The lowest BCUT2D eigenvalue weighted by atomic mass is 10.2. The minimum absolute atomic E-state index is 0.310. The molecular formula is C14H8Cl3NS. The number of nitrogens with zero attached hydrogens (tertiary/aromatic N) is 1. The van der Waals surface area contributed by atoms with Crippen LogP contribution in [0.25, 0.3) is 0 Å². The molecule has 0 spiro atoms. The molecular weight excluding hydrogens is 321 g/mol. The Kier molecular flexibility index (Phi) is 5.01. The Morgan fingerprint density at radius 2 is 1.68 bits per heavy atom. The maximum atomic E-state index is 9.13. The number of hydrogen-bond acceptors (Lipinski definition) is 2. The number of halogens is 3. The Morgan fingerprint density at radius 1 is 1.00 bits per heavy atom. The van der Waals surface area contributed by atoms with E-state index in [0.29, 0.717) is 20.6 Å². The van der Waals surface area contributed by atoms with E-state index in [1.807, 2.05) is 30.3 Å². The van der Waals surface area contributed by atoms with Gasteiger partial charge in [0.05, 0.1) is 15.6 Å². The molecule has 0 bridgehead atoms. The third kappa shape index (κ3) is 3.58. The predicted octanol–water partition coefficient (Wildman–Crippen LogP) is 5.81. The summed E-state index contributed by atoms with van der Waals surface area (Å²) in [6.45, 7) is 0. The van der Waals surface area contributed by atoms with Crippen LogP contribution in [0, 0.1) is 11.3 Å². The summed E-state index contributed by atoms with van der Waals surface area (Å²) < 4.78 is 0. The second-order valence-corrected chi connectivity index (χ2v) is 6.00. The first kappa shape index (κ1) is 14.6. The van der Waals surface area contributed by atoms with Gasteiger partial charge in [-0.3, -0.25) is 0 Å². The summed E-state index contributed by atoms with van der Waals surface area (Å²) in [7, 11) is 0. The topological polar surface area (TPSA) is 23.8 Å². The first-order valence-electron chi connectivity index (χ1n) is 5.37. The first-order chi connectivity index (χ1) is 9.11. The number of rotatable bonds is 3. The smallest absolute Gasteiger partial charge is 0.102 e. The Hall–Kier alpha value is -0.850. The van der Waals surface area contributed by atoms with Gasteiger partial charge >= 0.3 is 0 Å². The van der Waals surface area contributed by atoms with Crippen molar-refractivity contribution in [1.29, 1.82) is 5.26 Å². The Bertz CT molecular complexity index is 632. The van der Waals surface area contributed by atoms with Crippen molar-refractivity contribution in [2.45, 2.75) is 10.6 Å². The van der Waals surface area contributed by atoms with Crippen LogP contribution in [0.2, 0.25) is 15.1 Å². The van der Waals surface area contributed by atoms with Gasteiger partial charge in [-0.15, -0.1) is 11.8 Å².